The summed E-state index contributed by atoms with van der Waals surface area (Å²) in [6.07, 6.45) is 3.89. The summed E-state index contributed by atoms with van der Waals surface area (Å²) in [5, 5.41) is 14.5. The van der Waals surface area contributed by atoms with Crippen LogP contribution in [0.3, 0.4) is 0 Å². The molecule has 1 aliphatic rings. The van der Waals surface area contributed by atoms with Gasteiger partial charge in [0.2, 0.25) is 0 Å². The molecule has 0 saturated carbocycles. The maximum absolute atomic E-state index is 9.10. The van der Waals surface area contributed by atoms with Gasteiger partial charge < -0.3 is 10.3 Å². The molecule has 1 fully saturated rings. The summed E-state index contributed by atoms with van der Waals surface area (Å²) in [5.41, 5.74) is 3.83. The molecule has 0 atom stereocenters. The third-order valence-electron chi connectivity index (χ3n) is 4.16. The highest BCUT2D eigenvalue weighted by molar-refractivity contribution is 7.97. The number of piperazine rings is 1. The number of hydrogen-bond acceptors (Lipinski definition) is 5. The Balaban J connectivity index is 1.59. The molecule has 0 spiro atoms. The Hall–Kier alpha value is -2.33. The lowest BCUT2D eigenvalue weighted by Gasteiger charge is -2.25. The second kappa shape index (κ2) is 6.65. The highest BCUT2D eigenvalue weighted by Crippen LogP contribution is 2.30. The lowest BCUT2D eigenvalue weighted by Crippen LogP contribution is -2.39. The molecule has 1 saturated heterocycles. The summed E-state index contributed by atoms with van der Waals surface area (Å²) in [6.45, 7) is 4.13. The molecule has 5 nitrogen and oxygen atoms in total. The molecular formula is C18H17N5S. The molecule has 4 rings (SSSR count). The lowest BCUT2D eigenvalue weighted by molar-refractivity contribution is 0.396. The van der Waals surface area contributed by atoms with Crippen molar-refractivity contribution in [2.75, 3.05) is 26.2 Å². The van der Waals surface area contributed by atoms with Gasteiger partial charge >= 0.3 is 0 Å². The molecule has 0 radical (unpaired) electrons. The molecule has 6 heteroatoms. The van der Waals surface area contributed by atoms with Crippen molar-refractivity contribution in [2.24, 2.45) is 0 Å². The van der Waals surface area contributed by atoms with Gasteiger partial charge in [0.05, 0.1) is 11.6 Å². The van der Waals surface area contributed by atoms with E-state index in [2.05, 4.69) is 37.8 Å². The van der Waals surface area contributed by atoms with Gasteiger partial charge in [-0.25, -0.2) is 9.29 Å². The number of aromatic amines is 1. The van der Waals surface area contributed by atoms with Crippen molar-refractivity contribution in [2.45, 2.75) is 5.03 Å². The van der Waals surface area contributed by atoms with Gasteiger partial charge in [-0.2, -0.15) is 5.26 Å². The summed E-state index contributed by atoms with van der Waals surface area (Å²) in [4.78, 5) is 7.86. The number of nitriles is 1. The van der Waals surface area contributed by atoms with Crippen molar-refractivity contribution in [3.05, 3.63) is 48.3 Å². The van der Waals surface area contributed by atoms with Crippen LogP contribution in [-0.4, -0.2) is 40.5 Å². The fourth-order valence-electron chi connectivity index (χ4n) is 2.89. The van der Waals surface area contributed by atoms with Crippen LogP contribution < -0.4 is 5.32 Å². The molecule has 3 aromatic rings. The Labute approximate surface area is 144 Å². The second-order valence-electron chi connectivity index (χ2n) is 5.73. The molecule has 3 heterocycles. The van der Waals surface area contributed by atoms with E-state index in [1.807, 2.05) is 30.6 Å². The van der Waals surface area contributed by atoms with E-state index in [0.717, 1.165) is 53.2 Å². The number of aromatic nitrogens is 2. The fraction of sp³-hybridized carbons (Fsp3) is 0.222. The lowest BCUT2D eigenvalue weighted by atomic mass is 10.1. The summed E-state index contributed by atoms with van der Waals surface area (Å²) < 4.78 is 2.34. The van der Waals surface area contributed by atoms with Gasteiger partial charge in [-0.1, -0.05) is 6.07 Å². The molecule has 0 bridgehead atoms. The maximum atomic E-state index is 9.10. The molecule has 120 valence electrons. The molecule has 1 aliphatic heterocycles. The standard InChI is InChI=1S/C18H17N5S/c19-10-13-1-3-17-15(9-13)16(12-21-17)14-2-4-18(22-11-14)24-23-7-5-20-6-8-23/h1-4,9,11-12,20-21H,5-8H2. The van der Waals surface area contributed by atoms with Crippen LogP contribution in [0, 0.1) is 11.3 Å². The minimum absolute atomic E-state index is 0.669. The van der Waals surface area contributed by atoms with Crippen LogP contribution in [0.15, 0.2) is 47.8 Å². The van der Waals surface area contributed by atoms with Crippen LogP contribution in [0.1, 0.15) is 5.56 Å². The Bertz CT molecular complexity index is 888. The first-order chi connectivity index (χ1) is 11.8. The highest BCUT2D eigenvalue weighted by Gasteiger charge is 2.12. The van der Waals surface area contributed by atoms with Gasteiger partial charge in [-0.3, -0.25) is 0 Å². The van der Waals surface area contributed by atoms with E-state index >= 15 is 0 Å². The van der Waals surface area contributed by atoms with E-state index in [9.17, 15) is 0 Å². The van der Waals surface area contributed by atoms with Crippen molar-refractivity contribution in [1.29, 1.82) is 5.26 Å². The Kier molecular flexibility index (Phi) is 4.22. The third kappa shape index (κ3) is 3.02. The van der Waals surface area contributed by atoms with Gasteiger partial charge in [0.15, 0.2) is 0 Å². The van der Waals surface area contributed by atoms with Crippen molar-refractivity contribution in [1.82, 2.24) is 19.6 Å². The van der Waals surface area contributed by atoms with E-state index < -0.39 is 0 Å². The molecule has 2 N–H and O–H groups in total. The van der Waals surface area contributed by atoms with Gasteiger partial charge in [-0.05, 0) is 36.2 Å². The van der Waals surface area contributed by atoms with Crippen molar-refractivity contribution < 1.29 is 0 Å². The molecule has 2 aromatic heterocycles. The Morgan fingerprint density at radius 3 is 2.79 bits per heavy atom. The SMILES string of the molecule is N#Cc1ccc2[nH]cc(-c3ccc(SN4CCNCC4)nc3)c2c1. The first kappa shape index (κ1) is 15.2. The summed E-state index contributed by atoms with van der Waals surface area (Å²) in [6, 6.07) is 12.1. The Morgan fingerprint density at radius 2 is 2.04 bits per heavy atom. The summed E-state index contributed by atoms with van der Waals surface area (Å²) >= 11 is 1.71. The molecule has 0 unspecified atom stereocenters. The number of H-pyrrole nitrogens is 1. The monoisotopic (exact) mass is 335 g/mol. The van der Waals surface area contributed by atoms with Crippen LogP contribution in [0.4, 0.5) is 0 Å². The molecule has 0 aliphatic carbocycles. The predicted molar refractivity (Wildman–Crippen MR) is 96.5 cm³/mol. The topological polar surface area (TPSA) is 67.7 Å². The van der Waals surface area contributed by atoms with Crippen LogP contribution >= 0.6 is 11.9 Å². The van der Waals surface area contributed by atoms with E-state index in [1.165, 1.54) is 0 Å². The van der Waals surface area contributed by atoms with Crippen molar-refractivity contribution in [3.63, 3.8) is 0 Å². The number of benzene rings is 1. The number of pyridine rings is 1. The number of nitrogens with zero attached hydrogens (tertiary/aromatic N) is 3. The predicted octanol–water partition coefficient (Wildman–Crippen LogP) is 3.01. The Morgan fingerprint density at radius 1 is 1.17 bits per heavy atom. The second-order valence-corrected chi connectivity index (χ2v) is 6.85. The average Bonchev–Trinajstić information content (AvgIpc) is 3.06. The normalized spacial score (nSPS) is 15.5. The first-order valence-corrected chi connectivity index (χ1v) is 8.72. The quantitative estimate of drug-likeness (QED) is 0.720. The number of rotatable bonds is 3. The van der Waals surface area contributed by atoms with Crippen molar-refractivity contribution >= 4 is 22.9 Å². The number of hydrogen-bond donors (Lipinski definition) is 2. The zero-order valence-corrected chi connectivity index (χ0v) is 13.9. The van der Waals surface area contributed by atoms with Crippen LogP contribution in [0.25, 0.3) is 22.0 Å². The average molecular weight is 335 g/mol. The van der Waals surface area contributed by atoms with E-state index in [-0.39, 0.29) is 0 Å². The van der Waals surface area contributed by atoms with Gasteiger partial charge in [-0.15, -0.1) is 0 Å². The van der Waals surface area contributed by atoms with E-state index in [1.54, 1.807) is 11.9 Å². The van der Waals surface area contributed by atoms with Crippen LogP contribution in [0.2, 0.25) is 0 Å². The molecule has 0 amide bonds. The zero-order chi connectivity index (χ0) is 16.4. The summed E-state index contributed by atoms with van der Waals surface area (Å²) in [7, 11) is 0. The highest BCUT2D eigenvalue weighted by atomic mass is 32.2. The van der Waals surface area contributed by atoms with Gasteiger partial charge in [0.1, 0.15) is 5.03 Å². The smallest absolute Gasteiger partial charge is 0.111 e. The number of fused-ring (bicyclic) bond motifs is 1. The third-order valence-corrected chi connectivity index (χ3v) is 5.21. The van der Waals surface area contributed by atoms with Crippen LogP contribution in [0.5, 0.6) is 0 Å². The van der Waals surface area contributed by atoms with Gasteiger partial charge in [0, 0.05) is 60.6 Å². The molecule has 1 aromatic carbocycles. The first-order valence-electron chi connectivity index (χ1n) is 7.95. The number of nitrogens with one attached hydrogen (secondary N) is 2. The minimum Gasteiger partial charge on any atom is -0.361 e. The van der Waals surface area contributed by atoms with E-state index in [4.69, 9.17) is 5.26 Å². The molecule has 24 heavy (non-hydrogen) atoms. The van der Waals surface area contributed by atoms with E-state index in [0.29, 0.717) is 5.56 Å². The van der Waals surface area contributed by atoms with Crippen LogP contribution in [-0.2, 0) is 0 Å². The summed E-state index contributed by atoms with van der Waals surface area (Å²) in [5.74, 6) is 0. The largest absolute Gasteiger partial charge is 0.361 e. The van der Waals surface area contributed by atoms with Crippen molar-refractivity contribution in [3.8, 4) is 17.2 Å². The fourth-order valence-corrected chi connectivity index (χ4v) is 3.75. The zero-order valence-electron chi connectivity index (χ0n) is 13.1. The minimum atomic E-state index is 0.669. The maximum Gasteiger partial charge on any atom is 0.111 e. The molecular weight excluding hydrogens is 318 g/mol. The van der Waals surface area contributed by atoms with Gasteiger partial charge in [0.25, 0.3) is 0 Å².